The maximum absolute atomic E-state index is 11.2. The Kier molecular flexibility index (Phi) is 3.96. The molecule has 1 saturated heterocycles. The van der Waals surface area contributed by atoms with E-state index in [1.165, 1.54) is 0 Å². The van der Waals surface area contributed by atoms with Crippen LogP contribution in [0.1, 0.15) is 19.8 Å². The molecule has 3 nitrogen and oxygen atoms in total. The average Bonchev–Trinajstić information content (AvgIpc) is 2.48. The molecule has 1 amide bonds. The molecule has 1 aliphatic heterocycles. The first-order chi connectivity index (χ1) is 6.24. The van der Waals surface area contributed by atoms with Gasteiger partial charge in [-0.15, -0.1) is 0 Å². The lowest BCUT2D eigenvalue weighted by Gasteiger charge is -2.17. The van der Waals surface area contributed by atoms with E-state index in [1.54, 1.807) is 0 Å². The van der Waals surface area contributed by atoms with E-state index in [2.05, 4.69) is 18.8 Å². The number of rotatable bonds is 5. The predicted octanol–water partition coefficient (Wildman–Crippen LogP) is 0.774. The van der Waals surface area contributed by atoms with Gasteiger partial charge in [0.2, 0.25) is 5.91 Å². The first-order valence-electron chi connectivity index (χ1n) is 4.89. The zero-order chi connectivity index (χ0) is 9.68. The number of amides is 1. The summed E-state index contributed by atoms with van der Waals surface area (Å²) in [6.45, 7) is 9.40. The Morgan fingerprint density at radius 1 is 1.69 bits per heavy atom. The minimum absolute atomic E-state index is 0.276. The number of hydrogen-bond donors (Lipinski definition) is 1. The monoisotopic (exact) mass is 182 g/mol. The Balaban J connectivity index is 2.23. The van der Waals surface area contributed by atoms with E-state index in [4.69, 9.17) is 0 Å². The second-order valence-electron chi connectivity index (χ2n) is 3.45. The van der Waals surface area contributed by atoms with Gasteiger partial charge in [-0.1, -0.05) is 13.5 Å². The maximum atomic E-state index is 11.2. The maximum Gasteiger partial charge on any atom is 0.222 e. The third-order valence-electron chi connectivity index (χ3n) is 2.21. The molecule has 3 heteroatoms. The standard InChI is InChI=1S/C10H18N2O/c1-3-11-7-9(2)8-12-6-4-5-10(12)13/h11H,2-8H2,1H3. The number of likely N-dealkylation sites (tertiary alicyclic amines) is 1. The summed E-state index contributed by atoms with van der Waals surface area (Å²) in [5.41, 5.74) is 1.09. The van der Waals surface area contributed by atoms with Gasteiger partial charge in [-0.05, 0) is 18.5 Å². The summed E-state index contributed by atoms with van der Waals surface area (Å²) < 4.78 is 0. The summed E-state index contributed by atoms with van der Waals surface area (Å²) in [5, 5.41) is 3.20. The molecule has 13 heavy (non-hydrogen) atoms. The summed E-state index contributed by atoms with van der Waals surface area (Å²) in [7, 11) is 0. The molecule has 0 saturated carbocycles. The zero-order valence-electron chi connectivity index (χ0n) is 8.31. The molecule has 1 fully saturated rings. The van der Waals surface area contributed by atoms with E-state index in [0.29, 0.717) is 6.42 Å². The lowest BCUT2D eigenvalue weighted by atomic mass is 10.3. The third kappa shape index (κ3) is 3.19. The molecular weight excluding hydrogens is 164 g/mol. The van der Waals surface area contributed by atoms with Crippen LogP contribution in [-0.4, -0.2) is 37.0 Å². The quantitative estimate of drug-likeness (QED) is 0.637. The first kappa shape index (κ1) is 10.3. The summed E-state index contributed by atoms with van der Waals surface area (Å²) in [6, 6.07) is 0. The molecule has 0 aromatic heterocycles. The van der Waals surface area contributed by atoms with Gasteiger partial charge in [0.25, 0.3) is 0 Å². The molecule has 0 bridgehead atoms. The Morgan fingerprint density at radius 2 is 2.46 bits per heavy atom. The van der Waals surface area contributed by atoms with Crippen molar-refractivity contribution in [2.24, 2.45) is 0 Å². The van der Waals surface area contributed by atoms with Gasteiger partial charge in [-0.2, -0.15) is 0 Å². The van der Waals surface area contributed by atoms with Crippen LogP contribution in [0.15, 0.2) is 12.2 Å². The second kappa shape index (κ2) is 5.02. The number of likely N-dealkylation sites (N-methyl/N-ethyl adjacent to an activating group) is 1. The van der Waals surface area contributed by atoms with Crippen molar-refractivity contribution in [2.45, 2.75) is 19.8 Å². The van der Waals surface area contributed by atoms with Crippen molar-refractivity contribution in [1.82, 2.24) is 10.2 Å². The van der Waals surface area contributed by atoms with E-state index < -0.39 is 0 Å². The van der Waals surface area contributed by atoms with Crippen LogP contribution in [0.4, 0.5) is 0 Å². The molecule has 0 aliphatic carbocycles. The smallest absolute Gasteiger partial charge is 0.222 e. The molecule has 0 atom stereocenters. The molecule has 0 aromatic rings. The van der Waals surface area contributed by atoms with Crippen LogP contribution >= 0.6 is 0 Å². The Morgan fingerprint density at radius 3 is 3.00 bits per heavy atom. The number of carbonyl (C=O) groups is 1. The van der Waals surface area contributed by atoms with Gasteiger partial charge in [0, 0.05) is 26.1 Å². The van der Waals surface area contributed by atoms with Crippen LogP contribution in [0.3, 0.4) is 0 Å². The predicted molar refractivity (Wildman–Crippen MR) is 53.5 cm³/mol. The summed E-state index contributed by atoms with van der Waals surface area (Å²) in [4.78, 5) is 13.1. The van der Waals surface area contributed by atoms with Gasteiger partial charge in [0.15, 0.2) is 0 Å². The van der Waals surface area contributed by atoms with Crippen LogP contribution in [0.25, 0.3) is 0 Å². The van der Waals surface area contributed by atoms with Crippen molar-refractivity contribution in [3.8, 4) is 0 Å². The molecule has 1 N–H and O–H groups in total. The van der Waals surface area contributed by atoms with Crippen LogP contribution < -0.4 is 5.32 Å². The SMILES string of the molecule is C=C(CNCC)CN1CCCC1=O. The van der Waals surface area contributed by atoms with Crippen molar-refractivity contribution in [3.63, 3.8) is 0 Å². The Bertz CT molecular complexity index is 201. The number of nitrogens with zero attached hydrogens (tertiary/aromatic N) is 1. The summed E-state index contributed by atoms with van der Waals surface area (Å²) >= 11 is 0. The zero-order valence-corrected chi connectivity index (χ0v) is 8.31. The van der Waals surface area contributed by atoms with Crippen molar-refractivity contribution in [1.29, 1.82) is 0 Å². The lowest BCUT2D eigenvalue weighted by molar-refractivity contribution is -0.127. The van der Waals surface area contributed by atoms with Crippen LogP contribution in [0.2, 0.25) is 0 Å². The van der Waals surface area contributed by atoms with Crippen LogP contribution in [0, 0.1) is 0 Å². The molecular formula is C10H18N2O. The van der Waals surface area contributed by atoms with Gasteiger partial charge < -0.3 is 10.2 Å². The van der Waals surface area contributed by atoms with Gasteiger partial charge >= 0.3 is 0 Å². The topological polar surface area (TPSA) is 32.3 Å². The fourth-order valence-corrected chi connectivity index (χ4v) is 1.50. The van der Waals surface area contributed by atoms with E-state index in [1.807, 2.05) is 4.90 Å². The molecule has 1 rings (SSSR count). The number of nitrogens with one attached hydrogen (secondary N) is 1. The van der Waals surface area contributed by atoms with Crippen molar-refractivity contribution in [2.75, 3.05) is 26.2 Å². The fraction of sp³-hybridized carbons (Fsp3) is 0.700. The molecule has 0 spiro atoms. The highest BCUT2D eigenvalue weighted by Crippen LogP contribution is 2.10. The molecule has 0 aromatic carbocycles. The normalized spacial score (nSPS) is 16.7. The highest BCUT2D eigenvalue weighted by Gasteiger charge is 2.19. The van der Waals surface area contributed by atoms with Gasteiger partial charge in [0.05, 0.1) is 0 Å². The van der Waals surface area contributed by atoms with Crippen LogP contribution in [0.5, 0.6) is 0 Å². The summed E-state index contributed by atoms with van der Waals surface area (Å²) in [6.07, 6.45) is 1.72. The van der Waals surface area contributed by atoms with E-state index >= 15 is 0 Å². The highest BCUT2D eigenvalue weighted by atomic mass is 16.2. The van der Waals surface area contributed by atoms with E-state index in [9.17, 15) is 4.79 Å². The second-order valence-corrected chi connectivity index (χ2v) is 3.45. The van der Waals surface area contributed by atoms with E-state index in [-0.39, 0.29) is 5.91 Å². The molecule has 1 aliphatic rings. The third-order valence-corrected chi connectivity index (χ3v) is 2.21. The number of carbonyl (C=O) groups excluding carboxylic acids is 1. The van der Waals surface area contributed by atoms with Crippen molar-refractivity contribution in [3.05, 3.63) is 12.2 Å². The van der Waals surface area contributed by atoms with Crippen LogP contribution in [-0.2, 0) is 4.79 Å². The average molecular weight is 182 g/mol. The van der Waals surface area contributed by atoms with E-state index in [0.717, 1.165) is 38.2 Å². The molecule has 74 valence electrons. The molecule has 0 radical (unpaired) electrons. The molecule has 1 heterocycles. The van der Waals surface area contributed by atoms with Gasteiger partial charge in [-0.3, -0.25) is 4.79 Å². The largest absolute Gasteiger partial charge is 0.339 e. The number of hydrogen-bond acceptors (Lipinski definition) is 2. The van der Waals surface area contributed by atoms with Gasteiger partial charge in [-0.25, -0.2) is 0 Å². The summed E-state index contributed by atoms with van der Waals surface area (Å²) in [5.74, 6) is 0.276. The highest BCUT2D eigenvalue weighted by molar-refractivity contribution is 5.78. The first-order valence-corrected chi connectivity index (χ1v) is 4.89. The lowest BCUT2D eigenvalue weighted by Crippen LogP contribution is -2.29. The minimum Gasteiger partial charge on any atom is -0.339 e. The molecule has 0 unspecified atom stereocenters. The Labute approximate surface area is 79.8 Å². The minimum atomic E-state index is 0.276. The fourth-order valence-electron chi connectivity index (χ4n) is 1.50. The van der Waals surface area contributed by atoms with Crippen molar-refractivity contribution >= 4 is 5.91 Å². The van der Waals surface area contributed by atoms with Crippen molar-refractivity contribution < 1.29 is 4.79 Å². The Hall–Kier alpha value is -0.830. The van der Waals surface area contributed by atoms with Gasteiger partial charge in [0.1, 0.15) is 0 Å².